The first-order valence-electron chi connectivity index (χ1n) is 9.03. The first-order chi connectivity index (χ1) is 14.8. The zero-order valence-corrected chi connectivity index (χ0v) is 18.2. The second-order valence-corrected chi connectivity index (χ2v) is 9.15. The molecule has 0 atom stereocenters. The molecule has 1 aromatic heterocycles. The molecule has 1 fully saturated rings. The van der Waals surface area contributed by atoms with Crippen LogP contribution in [0.4, 0.5) is 18.9 Å². The van der Waals surface area contributed by atoms with E-state index in [1.807, 2.05) is 36.4 Å². The molecule has 1 aliphatic rings. The summed E-state index contributed by atoms with van der Waals surface area (Å²) in [5, 5.41) is 0.698. The van der Waals surface area contributed by atoms with Crippen molar-refractivity contribution in [3.63, 3.8) is 0 Å². The number of alkyl halides is 3. The topological polar surface area (TPSA) is 33.5 Å². The summed E-state index contributed by atoms with van der Waals surface area (Å²) in [6.07, 6.45) is -2.95. The number of thiocarbonyl (C=S) groups is 1. The van der Waals surface area contributed by atoms with Crippen LogP contribution in [0.25, 0.3) is 6.08 Å². The lowest BCUT2D eigenvalue weighted by atomic mass is 10.2. The van der Waals surface area contributed by atoms with Crippen molar-refractivity contribution < 1.29 is 22.4 Å². The Balaban J connectivity index is 1.50. The molecule has 0 saturated carbocycles. The summed E-state index contributed by atoms with van der Waals surface area (Å²) in [5.41, 5.74) is 0.404. The molecule has 1 amide bonds. The lowest BCUT2D eigenvalue weighted by Gasteiger charge is -2.16. The van der Waals surface area contributed by atoms with E-state index in [2.05, 4.69) is 0 Å². The number of nitrogens with zero attached hydrogens (tertiary/aromatic N) is 1. The number of halogens is 3. The number of furan rings is 1. The number of hydrogen-bond donors (Lipinski definition) is 0. The molecule has 0 unspecified atom stereocenters. The van der Waals surface area contributed by atoms with Gasteiger partial charge in [0.2, 0.25) is 0 Å². The predicted octanol–water partition coefficient (Wildman–Crippen LogP) is 7.00. The lowest BCUT2D eigenvalue weighted by Crippen LogP contribution is -2.27. The molecular weight excluding hydrogens is 463 g/mol. The van der Waals surface area contributed by atoms with Crippen molar-refractivity contribution in [1.82, 2.24) is 0 Å². The number of thioether (sulfide) groups is 2. The first-order valence-corrected chi connectivity index (χ1v) is 11.2. The third-order valence-corrected chi connectivity index (χ3v) is 6.61. The van der Waals surface area contributed by atoms with Gasteiger partial charge in [-0.1, -0.05) is 72.1 Å². The maximum absolute atomic E-state index is 13.0. The number of rotatable bonds is 5. The number of hydrogen-bond acceptors (Lipinski definition) is 5. The van der Waals surface area contributed by atoms with Crippen LogP contribution < -0.4 is 4.90 Å². The van der Waals surface area contributed by atoms with Crippen LogP contribution in [-0.2, 0) is 16.7 Å². The molecule has 0 N–H and O–H groups in total. The maximum Gasteiger partial charge on any atom is 0.416 e. The number of anilines is 1. The fraction of sp³-hybridized carbons (Fsp3) is 0.0909. The molecule has 3 nitrogen and oxygen atoms in total. The van der Waals surface area contributed by atoms with Crippen LogP contribution in [0.1, 0.15) is 16.9 Å². The van der Waals surface area contributed by atoms with Crippen LogP contribution in [0.3, 0.4) is 0 Å². The summed E-state index contributed by atoms with van der Waals surface area (Å²) in [6.45, 7) is 0. The number of amides is 1. The number of carbonyl (C=O) groups is 1. The van der Waals surface area contributed by atoms with Crippen LogP contribution >= 0.6 is 35.7 Å². The Labute approximate surface area is 190 Å². The zero-order valence-electron chi connectivity index (χ0n) is 15.8. The van der Waals surface area contributed by atoms with Crippen molar-refractivity contribution in [1.29, 1.82) is 0 Å². The second kappa shape index (κ2) is 8.94. The van der Waals surface area contributed by atoms with E-state index in [0.717, 1.165) is 40.1 Å². The molecule has 0 bridgehead atoms. The van der Waals surface area contributed by atoms with Gasteiger partial charge in [0.15, 0.2) is 9.41 Å². The summed E-state index contributed by atoms with van der Waals surface area (Å²) >= 11 is 7.79. The standard InChI is InChI=1S/C22H14F3NO2S3/c23-22(24,25)15-7-4-8-16(11-15)26-20(27)18(31-21(26)29)12-17-9-10-19(28-17)30-13-14-5-2-1-3-6-14/h1-12H,13H2/b18-12-. The van der Waals surface area contributed by atoms with Gasteiger partial charge in [0.05, 0.1) is 16.2 Å². The molecule has 4 rings (SSSR count). The Morgan fingerprint density at radius 1 is 1.06 bits per heavy atom. The average Bonchev–Trinajstić information content (AvgIpc) is 3.30. The summed E-state index contributed by atoms with van der Waals surface area (Å²) in [7, 11) is 0. The van der Waals surface area contributed by atoms with Gasteiger partial charge in [0.25, 0.3) is 5.91 Å². The summed E-state index contributed by atoms with van der Waals surface area (Å²) in [5.74, 6) is 0.732. The Bertz CT molecular complexity index is 1160. The molecule has 1 aliphatic heterocycles. The minimum absolute atomic E-state index is 0.0827. The Hall–Kier alpha value is -2.49. The monoisotopic (exact) mass is 477 g/mol. The van der Waals surface area contributed by atoms with Gasteiger partial charge in [-0.2, -0.15) is 13.2 Å². The molecule has 2 aromatic carbocycles. The third kappa shape index (κ3) is 5.06. The average molecular weight is 478 g/mol. The second-order valence-electron chi connectivity index (χ2n) is 6.50. The van der Waals surface area contributed by atoms with Crippen molar-refractivity contribution in [2.24, 2.45) is 0 Å². The van der Waals surface area contributed by atoms with Crippen molar-refractivity contribution in [2.45, 2.75) is 17.0 Å². The van der Waals surface area contributed by atoms with E-state index in [9.17, 15) is 18.0 Å². The molecule has 158 valence electrons. The van der Waals surface area contributed by atoms with Crippen LogP contribution in [0.5, 0.6) is 0 Å². The van der Waals surface area contributed by atoms with Gasteiger partial charge >= 0.3 is 6.18 Å². The summed E-state index contributed by atoms with van der Waals surface area (Å²) in [6, 6.07) is 18.0. The Morgan fingerprint density at radius 2 is 1.84 bits per heavy atom. The van der Waals surface area contributed by atoms with E-state index in [4.69, 9.17) is 16.6 Å². The molecule has 0 aliphatic carbocycles. The highest BCUT2D eigenvalue weighted by atomic mass is 32.2. The predicted molar refractivity (Wildman–Crippen MR) is 122 cm³/mol. The van der Waals surface area contributed by atoms with Crippen LogP contribution in [0.15, 0.2) is 81.1 Å². The molecule has 9 heteroatoms. The SMILES string of the molecule is O=C1/C(=C/c2ccc(SCc3ccccc3)o2)SC(=S)N1c1cccc(C(F)(F)F)c1. The Kier molecular flexibility index (Phi) is 6.27. The zero-order chi connectivity index (χ0) is 22.0. The van der Waals surface area contributed by atoms with Gasteiger partial charge < -0.3 is 4.42 Å². The molecule has 0 spiro atoms. The van der Waals surface area contributed by atoms with E-state index in [-0.39, 0.29) is 14.9 Å². The molecule has 1 saturated heterocycles. The first kappa shape index (κ1) is 21.7. The van der Waals surface area contributed by atoms with Gasteiger partial charge in [-0.15, -0.1) is 0 Å². The van der Waals surface area contributed by atoms with Crippen molar-refractivity contribution in [3.8, 4) is 0 Å². The molecule has 3 aromatic rings. The number of benzene rings is 2. The number of carbonyl (C=O) groups excluding carboxylic acids is 1. The Morgan fingerprint density at radius 3 is 2.58 bits per heavy atom. The van der Waals surface area contributed by atoms with Crippen LogP contribution in [0.2, 0.25) is 0 Å². The minimum atomic E-state index is -4.51. The molecule has 31 heavy (non-hydrogen) atoms. The fourth-order valence-electron chi connectivity index (χ4n) is 2.86. The lowest BCUT2D eigenvalue weighted by molar-refractivity contribution is -0.137. The summed E-state index contributed by atoms with van der Waals surface area (Å²) < 4.78 is 45.0. The van der Waals surface area contributed by atoms with Crippen molar-refractivity contribution in [2.75, 3.05) is 4.90 Å². The van der Waals surface area contributed by atoms with E-state index in [1.54, 1.807) is 12.1 Å². The largest absolute Gasteiger partial charge is 0.450 e. The molecular formula is C22H14F3NO2S3. The highest BCUT2D eigenvalue weighted by Crippen LogP contribution is 2.39. The highest BCUT2D eigenvalue weighted by molar-refractivity contribution is 8.27. The van der Waals surface area contributed by atoms with Crippen LogP contribution in [-0.4, -0.2) is 10.2 Å². The quantitative estimate of drug-likeness (QED) is 0.225. The van der Waals surface area contributed by atoms with E-state index >= 15 is 0 Å². The highest BCUT2D eigenvalue weighted by Gasteiger charge is 2.36. The van der Waals surface area contributed by atoms with Gasteiger partial charge in [0.1, 0.15) is 5.76 Å². The van der Waals surface area contributed by atoms with Gasteiger partial charge in [-0.25, -0.2) is 0 Å². The molecule has 0 radical (unpaired) electrons. The van der Waals surface area contributed by atoms with Crippen LogP contribution in [0, 0.1) is 0 Å². The van der Waals surface area contributed by atoms with Gasteiger partial charge in [-0.05, 0) is 35.9 Å². The van der Waals surface area contributed by atoms with E-state index < -0.39 is 17.6 Å². The normalized spacial score (nSPS) is 15.8. The van der Waals surface area contributed by atoms with Gasteiger partial charge in [0, 0.05) is 11.8 Å². The minimum Gasteiger partial charge on any atom is -0.450 e. The third-order valence-electron chi connectivity index (χ3n) is 4.32. The smallest absolute Gasteiger partial charge is 0.416 e. The van der Waals surface area contributed by atoms with Crippen molar-refractivity contribution >= 4 is 57.7 Å². The van der Waals surface area contributed by atoms with Crippen molar-refractivity contribution in [3.05, 3.63) is 88.5 Å². The van der Waals surface area contributed by atoms with Gasteiger partial charge in [-0.3, -0.25) is 9.69 Å². The van der Waals surface area contributed by atoms with E-state index in [1.165, 1.54) is 23.9 Å². The fourth-order valence-corrected chi connectivity index (χ4v) is 4.96. The summed E-state index contributed by atoms with van der Waals surface area (Å²) in [4.78, 5) is 14.2. The maximum atomic E-state index is 13.0. The molecule has 2 heterocycles. The van der Waals surface area contributed by atoms with E-state index in [0.29, 0.717) is 10.9 Å².